The van der Waals surface area contributed by atoms with E-state index in [1.807, 2.05) is 14.1 Å². The first-order chi connectivity index (χ1) is 8.03. The second-order valence-electron chi connectivity index (χ2n) is 4.78. The number of aliphatic hydroxyl groups excluding tert-OH is 1. The first-order valence-corrected chi connectivity index (χ1v) is 6.17. The van der Waals surface area contributed by atoms with Gasteiger partial charge in [-0.2, -0.15) is 0 Å². The quantitative estimate of drug-likeness (QED) is 0.792. The predicted molar refractivity (Wildman–Crippen MR) is 73.5 cm³/mol. The molecule has 17 heavy (non-hydrogen) atoms. The van der Waals surface area contributed by atoms with Gasteiger partial charge in [-0.25, -0.2) is 0 Å². The van der Waals surface area contributed by atoms with Crippen LogP contribution >= 0.6 is 0 Å². The highest BCUT2D eigenvalue weighted by Gasteiger charge is 2.24. The number of anilines is 1. The van der Waals surface area contributed by atoms with E-state index in [1.165, 1.54) is 11.3 Å². The van der Waals surface area contributed by atoms with Crippen LogP contribution in [0.4, 0.5) is 5.69 Å². The van der Waals surface area contributed by atoms with Gasteiger partial charge >= 0.3 is 0 Å². The van der Waals surface area contributed by atoms with Crippen LogP contribution in [0.2, 0.25) is 0 Å². The fraction of sp³-hybridized carbons (Fsp3) is 0.571. The molecule has 0 aliphatic heterocycles. The van der Waals surface area contributed by atoms with Crippen molar-refractivity contribution in [2.45, 2.75) is 25.8 Å². The van der Waals surface area contributed by atoms with Crippen LogP contribution in [0.15, 0.2) is 24.3 Å². The van der Waals surface area contributed by atoms with Gasteiger partial charge in [-0.15, -0.1) is 0 Å². The summed E-state index contributed by atoms with van der Waals surface area (Å²) in [6.45, 7) is 5.31. The van der Waals surface area contributed by atoms with Gasteiger partial charge in [0.05, 0.1) is 0 Å². The van der Waals surface area contributed by atoms with Crippen LogP contribution in [-0.2, 0) is 5.54 Å². The number of nitrogens with one attached hydrogen (secondary N) is 1. The van der Waals surface area contributed by atoms with Crippen molar-refractivity contribution in [2.75, 3.05) is 32.1 Å². The molecule has 96 valence electrons. The molecule has 1 aromatic rings. The number of hydrogen-bond acceptors (Lipinski definition) is 3. The van der Waals surface area contributed by atoms with Crippen molar-refractivity contribution in [3.05, 3.63) is 29.8 Å². The Morgan fingerprint density at radius 2 is 1.82 bits per heavy atom. The molecule has 0 amide bonds. The van der Waals surface area contributed by atoms with E-state index in [1.54, 1.807) is 0 Å². The van der Waals surface area contributed by atoms with E-state index < -0.39 is 0 Å². The van der Waals surface area contributed by atoms with Gasteiger partial charge in [-0.05, 0) is 37.6 Å². The van der Waals surface area contributed by atoms with Crippen molar-refractivity contribution in [3.63, 3.8) is 0 Å². The molecule has 2 N–H and O–H groups in total. The van der Waals surface area contributed by atoms with Gasteiger partial charge in [-0.3, -0.25) is 0 Å². The van der Waals surface area contributed by atoms with E-state index in [4.69, 9.17) is 0 Å². The minimum absolute atomic E-state index is 0.145. The maximum absolute atomic E-state index is 9.18. The van der Waals surface area contributed by atoms with Crippen molar-refractivity contribution >= 4 is 5.69 Å². The molecule has 3 nitrogen and oxygen atoms in total. The smallest absolute Gasteiger partial charge is 0.0451 e. The standard InChI is InChI=1S/C14H24N2O/c1-5-15-14(2,10-11-17)12-6-8-13(9-7-12)16(3)4/h6-9,15,17H,5,10-11H2,1-4H3. The zero-order valence-corrected chi connectivity index (χ0v) is 11.3. The third-order valence-corrected chi connectivity index (χ3v) is 3.20. The maximum Gasteiger partial charge on any atom is 0.0451 e. The van der Waals surface area contributed by atoms with E-state index in [2.05, 4.69) is 48.3 Å². The lowest BCUT2D eigenvalue weighted by Crippen LogP contribution is -2.40. The molecule has 0 saturated carbocycles. The molecule has 0 saturated heterocycles. The first kappa shape index (κ1) is 14.0. The van der Waals surface area contributed by atoms with Crippen LogP contribution in [0.1, 0.15) is 25.8 Å². The second kappa shape index (κ2) is 6.03. The number of rotatable bonds is 6. The molecule has 1 aromatic carbocycles. The summed E-state index contributed by atoms with van der Waals surface area (Å²) in [5, 5.41) is 12.6. The minimum Gasteiger partial charge on any atom is -0.396 e. The number of hydrogen-bond donors (Lipinski definition) is 2. The maximum atomic E-state index is 9.18. The van der Waals surface area contributed by atoms with Crippen molar-refractivity contribution in [2.24, 2.45) is 0 Å². The van der Waals surface area contributed by atoms with Crippen molar-refractivity contribution < 1.29 is 5.11 Å². The van der Waals surface area contributed by atoms with Crippen LogP contribution in [0.3, 0.4) is 0 Å². The molecular formula is C14H24N2O. The summed E-state index contributed by atoms with van der Waals surface area (Å²) >= 11 is 0. The molecule has 1 atom stereocenters. The minimum atomic E-state index is -0.145. The Morgan fingerprint density at radius 3 is 2.24 bits per heavy atom. The van der Waals surface area contributed by atoms with Crippen LogP contribution < -0.4 is 10.2 Å². The largest absolute Gasteiger partial charge is 0.396 e. The molecule has 0 aliphatic rings. The SMILES string of the molecule is CCNC(C)(CCO)c1ccc(N(C)C)cc1. The third kappa shape index (κ3) is 3.45. The highest BCUT2D eigenvalue weighted by Crippen LogP contribution is 2.26. The van der Waals surface area contributed by atoms with Gasteiger partial charge in [0, 0.05) is 31.9 Å². The molecule has 0 fully saturated rings. The van der Waals surface area contributed by atoms with Gasteiger partial charge < -0.3 is 15.3 Å². The van der Waals surface area contributed by atoms with Gasteiger partial charge in [0.25, 0.3) is 0 Å². The summed E-state index contributed by atoms with van der Waals surface area (Å²) in [7, 11) is 4.07. The molecule has 0 aliphatic carbocycles. The fourth-order valence-corrected chi connectivity index (χ4v) is 2.08. The van der Waals surface area contributed by atoms with Crippen LogP contribution in [0, 0.1) is 0 Å². The molecular weight excluding hydrogens is 212 g/mol. The lowest BCUT2D eigenvalue weighted by molar-refractivity contribution is 0.223. The third-order valence-electron chi connectivity index (χ3n) is 3.20. The van der Waals surface area contributed by atoms with Gasteiger partial charge in [-0.1, -0.05) is 19.1 Å². The lowest BCUT2D eigenvalue weighted by Gasteiger charge is -2.31. The van der Waals surface area contributed by atoms with E-state index >= 15 is 0 Å². The Kier molecular flexibility index (Phi) is 4.97. The Morgan fingerprint density at radius 1 is 1.24 bits per heavy atom. The molecule has 3 heteroatoms. The molecule has 1 rings (SSSR count). The zero-order chi connectivity index (χ0) is 12.9. The summed E-state index contributed by atoms with van der Waals surface area (Å²) in [4.78, 5) is 2.08. The highest BCUT2D eigenvalue weighted by molar-refractivity contribution is 5.47. The van der Waals surface area contributed by atoms with Crippen LogP contribution in [0.25, 0.3) is 0 Å². The number of nitrogens with zero attached hydrogens (tertiary/aromatic N) is 1. The molecule has 0 heterocycles. The van der Waals surface area contributed by atoms with Gasteiger partial charge in [0.1, 0.15) is 0 Å². The van der Waals surface area contributed by atoms with Crippen molar-refractivity contribution in [1.82, 2.24) is 5.32 Å². The van der Waals surface area contributed by atoms with Crippen LogP contribution in [0.5, 0.6) is 0 Å². The Bertz CT molecular complexity index is 327. The predicted octanol–water partition coefficient (Wildman–Crippen LogP) is 1.96. The average molecular weight is 236 g/mol. The van der Waals surface area contributed by atoms with Crippen LogP contribution in [-0.4, -0.2) is 32.4 Å². The van der Waals surface area contributed by atoms with E-state index in [0.717, 1.165) is 13.0 Å². The summed E-state index contributed by atoms with van der Waals surface area (Å²) in [5.74, 6) is 0. The molecule has 0 bridgehead atoms. The Balaban J connectivity index is 2.95. The van der Waals surface area contributed by atoms with E-state index in [9.17, 15) is 5.11 Å². The van der Waals surface area contributed by atoms with E-state index in [-0.39, 0.29) is 12.1 Å². The number of benzene rings is 1. The summed E-state index contributed by atoms with van der Waals surface area (Å²) in [5.41, 5.74) is 2.27. The molecule has 0 aromatic heterocycles. The lowest BCUT2D eigenvalue weighted by atomic mass is 9.88. The average Bonchev–Trinajstić information content (AvgIpc) is 2.30. The normalized spacial score (nSPS) is 14.4. The summed E-state index contributed by atoms with van der Waals surface area (Å²) in [6.07, 6.45) is 0.724. The monoisotopic (exact) mass is 236 g/mol. The summed E-state index contributed by atoms with van der Waals surface area (Å²) in [6, 6.07) is 8.49. The van der Waals surface area contributed by atoms with E-state index in [0.29, 0.717) is 0 Å². The Hall–Kier alpha value is -1.06. The topological polar surface area (TPSA) is 35.5 Å². The van der Waals surface area contributed by atoms with Crippen molar-refractivity contribution in [3.8, 4) is 0 Å². The molecule has 1 unspecified atom stereocenters. The fourth-order valence-electron chi connectivity index (χ4n) is 2.08. The summed E-state index contributed by atoms with van der Waals surface area (Å²) < 4.78 is 0. The van der Waals surface area contributed by atoms with Crippen molar-refractivity contribution in [1.29, 1.82) is 0 Å². The molecule has 0 radical (unpaired) electrons. The van der Waals surface area contributed by atoms with Gasteiger partial charge in [0.2, 0.25) is 0 Å². The molecule has 0 spiro atoms. The first-order valence-electron chi connectivity index (χ1n) is 6.17. The highest BCUT2D eigenvalue weighted by atomic mass is 16.3. The number of aliphatic hydroxyl groups is 1. The van der Waals surface area contributed by atoms with Gasteiger partial charge in [0.15, 0.2) is 0 Å². The Labute approximate surface area is 104 Å². The zero-order valence-electron chi connectivity index (χ0n) is 11.3. The second-order valence-corrected chi connectivity index (χ2v) is 4.78.